The first-order valence-corrected chi connectivity index (χ1v) is 6.10. The number of para-hydroxylation sites is 1. The van der Waals surface area contributed by atoms with Crippen molar-refractivity contribution in [2.45, 2.75) is 52.7 Å². The molecule has 0 aliphatic carbocycles. The average molecular weight is 302 g/mol. The molecule has 0 unspecified atom stereocenters. The Morgan fingerprint density at radius 3 is 1.95 bits per heavy atom. The minimum Gasteiger partial charge on any atom is -0.487 e. The van der Waals surface area contributed by atoms with Crippen molar-refractivity contribution < 1.29 is 31.6 Å². The number of rotatable bonds is 2. The predicted octanol–water partition coefficient (Wildman–Crippen LogP) is 3.82. The minimum atomic E-state index is -0.508. The van der Waals surface area contributed by atoms with Crippen LogP contribution in [0.1, 0.15) is 51.9 Å². The second-order valence-electron chi connectivity index (χ2n) is 6.21. The zero-order chi connectivity index (χ0) is 14.0. The number of carbonyl (C=O) groups is 1. The fourth-order valence-corrected chi connectivity index (χ4v) is 1.39. The molecule has 4 heteroatoms. The van der Waals surface area contributed by atoms with Gasteiger partial charge in [0.05, 0.1) is 0 Å². The third kappa shape index (κ3) is 6.66. The maximum Gasteiger partial charge on any atom is 0.342 e. The van der Waals surface area contributed by atoms with Crippen LogP contribution in [-0.2, 0) is 22.1 Å². The van der Waals surface area contributed by atoms with Gasteiger partial charge in [0.25, 0.3) is 0 Å². The van der Waals surface area contributed by atoms with Crippen molar-refractivity contribution in [1.82, 2.24) is 0 Å². The Kier molecular flexibility index (Phi) is 6.12. The van der Waals surface area contributed by atoms with Crippen molar-refractivity contribution in [1.29, 1.82) is 0 Å². The molecule has 0 heterocycles. The molecule has 1 aromatic carbocycles. The molecule has 3 nitrogen and oxygen atoms in total. The van der Waals surface area contributed by atoms with E-state index in [2.05, 4.69) is 0 Å². The molecule has 0 fully saturated rings. The zero-order valence-corrected chi connectivity index (χ0v) is 13.7. The number of esters is 1. The van der Waals surface area contributed by atoms with Gasteiger partial charge in [0.15, 0.2) is 0 Å². The zero-order valence-electron chi connectivity index (χ0n) is 12.4. The van der Waals surface area contributed by atoms with Gasteiger partial charge in [0, 0.05) is 17.4 Å². The summed E-state index contributed by atoms with van der Waals surface area (Å²) in [4.78, 5) is 12.1. The van der Waals surface area contributed by atoms with Gasteiger partial charge in [-0.15, -0.1) is 0 Å². The molecule has 0 aliphatic heterocycles. The monoisotopic (exact) mass is 302 g/mol. The summed E-state index contributed by atoms with van der Waals surface area (Å²) in [6.45, 7) is 11.4. The van der Waals surface area contributed by atoms with E-state index >= 15 is 0 Å². The second kappa shape index (κ2) is 6.45. The van der Waals surface area contributed by atoms with Gasteiger partial charge in [-0.05, 0) is 53.7 Å². The van der Waals surface area contributed by atoms with Crippen LogP contribution in [0.15, 0.2) is 24.3 Å². The van der Waals surface area contributed by atoms with Crippen molar-refractivity contribution in [3.8, 4) is 5.75 Å². The fourth-order valence-electron chi connectivity index (χ4n) is 1.39. The van der Waals surface area contributed by atoms with E-state index in [4.69, 9.17) is 9.47 Å². The van der Waals surface area contributed by atoms with Crippen molar-refractivity contribution in [3.63, 3.8) is 0 Å². The molecule has 0 aliphatic rings. The van der Waals surface area contributed by atoms with E-state index in [0.717, 1.165) is 0 Å². The van der Waals surface area contributed by atoms with E-state index in [1.54, 1.807) is 18.2 Å². The van der Waals surface area contributed by atoms with Crippen LogP contribution in [0.4, 0.5) is 0 Å². The van der Waals surface area contributed by atoms with Crippen LogP contribution < -0.4 is 4.74 Å². The number of hydrogen-bond acceptors (Lipinski definition) is 3. The Bertz CT molecular complexity index is 428. The number of benzene rings is 1. The number of carbonyl (C=O) groups excluding carboxylic acids is 1. The van der Waals surface area contributed by atoms with Crippen molar-refractivity contribution in [3.05, 3.63) is 29.8 Å². The normalized spacial score (nSPS) is 11.5. The fraction of sp³-hybridized carbons (Fsp3) is 0.533. The molecule has 0 radical (unpaired) electrons. The Morgan fingerprint density at radius 2 is 1.47 bits per heavy atom. The summed E-state index contributed by atoms with van der Waals surface area (Å²) in [5, 5.41) is 0. The third-order valence-corrected chi connectivity index (χ3v) is 1.92. The standard InChI is InChI=1S/C15H22O3.Cr/c1-14(2,3)17-12-10-8-7-9-11(12)13(16)18-15(4,5)6;/h7-10H,1-6H3;. The Labute approximate surface area is 126 Å². The molecule has 0 saturated carbocycles. The van der Waals surface area contributed by atoms with E-state index in [0.29, 0.717) is 11.3 Å². The molecule has 1 aromatic rings. The third-order valence-electron chi connectivity index (χ3n) is 1.92. The molecule has 0 spiro atoms. The molecule has 106 valence electrons. The van der Waals surface area contributed by atoms with Gasteiger partial charge < -0.3 is 9.47 Å². The van der Waals surface area contributed by atoms with Crippen LogP contribution in [0.2, 0.25) is 0 Å². The van der Waals surface area contributed by atoms with Crippen LogP contribution in [0.3, 0.4) is 0 Å². The quantitative estimate of drug-likeness (QED) is 0.779. The van der Waals surface area contributed by atoms with E-state index < -0.39 is 5.60 Å². The summed E-state index contributed by atoms with van der Waals surface area (Å²) < 4.78 is 11.1. The van der Waals surface area contributed by atoms with Gasteiger partial charge >= 0.3 is 5.97 Å². The predicted molar refractivity (Wildman–Crippen MR) is 72.0 cm³/mol. The molecule has 0 N–H and O–H groups in total. The van der Waals surface area contributed by atoms with Gasteiger partial charge in [0.2, 0.25) is 0 Å². The second-order valence-corrected chi connectivity index (χ2v) is 6.21. The molecule has 1 rings (SSSR count). The van der Waals surface area contributed by atoms with Crippen molar-refractivity contribution in [2.24, 2.45) is 0 Å². The maximum absolute atomic E-state index is 12.1. The van der Waals surface area contributed by atoms with Gasteiger partial charge in [-0.1, -0.05) is 12.1 Å². The summed E-state index contributed by atoms with van der Waals surface area (Å²) in [7, 11) is 0. The number of ether oxygens (including phenoxy) is 2. The summed E-state index contributed by atoms with van der Waals surface area (Å²) in [5.41, 5.74) is -0.397. The Hall–Kier alpha value is -0.978. The van der Waals surface area contributed by atoms with Crippen LogP contribution >= 0.6 is 0 Å². The molecular formula is C15H22CrO3. The largest absolute Gasteiger partial charge is 0.487 e. The summed E-state index contributed by atoms with van der Waals surface area (Å²) >= 11 is 0. The van der Waals surface area contributed by atoms with Crippen LogP contribution in [0.25, 0.3) is 0 Å². The summed E-state index contributed by atoms with van der Waals surface area (Å²) in [6, 6.07) is 7.14. The van der Waals surface area contributed by atoms with E-state index in [9.17, 15) is 4.79 Å². The topological polar surface area (TPSA) is 35.5 Å². The van der Waals surface area contributed by atoms with Gasteiger partial charge in [-0.3, -0.25) is 0 Å². The first-order valence-electron chi connectivity index (χ1n) is 6.10. The van der Waals surface area contributed by atoms with Crippen molar-refractivity contribution in [2.75, 3.05) is 0 Å². The Morgan fingerprint density at radius 1 is 0.947 bits per heavy atom. The first-order chi connectivity index (χ1) is 8.08. The SMILES string of the molecule is CC(C)(C)OC(=O)c1ccccc1OC(C)(C)C.[Cr]. The minimum absolute atomic E-state index is 0. The van der Waals surface area contributed by atoms with Gasteiger partial charge in [-0.25, -0.2) is 4.79 Å². The average Bonchev–Trinajstić information content (AvgIpc) is 2.12. The van der Waals surface area contributed by atoms with E-state index in [1.165, 1.54) is 0 Å². The van der Waals surface area contributed by atoms with Gasteiger partial charge in [0.1, 0.15) is 22.5 Å². The van der Waals surface area contributed by atoms with E-state index in [-0.39, 0.29) is 28.9 Å². The molecule has 0 aromatic heterocycles. The molecule has 0 amide bonds. The molecule has 19 heavy (non-hydrogen) atoms. The summed E-state index contributed by atoms with van der Waals surface area (Å²) in [6.07, 6.45) is 0. The molecule has 0 saturated heterocycles. The van der Waals surface area contributed by atoms with Crippen molar-refractivity contribution >= 4 is 5.97 Å². The van der Waals surface area contributed by atoms with Crippen LogP contribution in [0, 0.1) is 0 Å². The molecule has 0 bridgehead atoms. The molecule has 0 atom stereocenters. The summed E-state index contributed by atoms with van der Waals surface area (Å²) in [5.74, 6) is 0.196. The maximum atomic E-state index is 12.1. The van der Waals surface area contributed by atoms with E-state index in [1.807, 2.05) is 47.6 Å². The van der Waals surface area contributed by atoms with Gasteiger partial charge in [-0.2, -0.15) is 0 Å². The Balaban J connectivity index is 0.00000324. The smallest absolute Gasteiger partial charge is 0.342 e. The van der Waals surface area contributed by atoms with Crippen LogP contribution in [0.5, 0.6) is 5.75 Å². The number of hydrogen-bond donors (Lipinski definition) is 0. The van der Waals surface area contributed by atoms with Crippen LogP contribution in [-0.4, -0.2) is 17.2 Å². The first kappa shape index (κ1) is 18.0. The molecular weight excluding hydrogens is 280 g/mol.